The van der Waals surface area contributed by atoms with E-state index in [1.807, 2.05) is 6.07 Å². The number of nitrogens with two attached hydrogens (primary N) is 1. The lowest BCUT2D eigenvalue weighted by Gasteiger charge is -2.18. The maximum atomic E-state index is 13.4. The number of hydrogen-bond acceptors (Lipinski definition) is 2. The van der Waals surface area contributed by atoms with Gasteiger partial charge in [0.15, 0.2) is 0 Å². The third-order valence-electron chi connectivity index (χ3n) is 2.67. The van der Waals surface area contributed by atoms with E-state index in [1.54, 1.807) is 12.1 Å². The average Bonchev–Trinajstić information content (AvgIpc) is 2.30. The van der Waals surface area contributed by atoms with E-state index >= 15 is 0 Å². The summed E-state index contributed by atoms with van der Waals surface area (Å²) in [6.45, 7) is 2.71. The standard InChI is InChI=1S/C13H21FN2/c1-2-3-4-7-11(10-15)16-13-9-6-5-8-12(13)14/h5-6,8-9,11,16H,2-4,7,10,15H2,1H3. The van der Waals surface area contributed by atoms with Gasteiger partial charge in [-0.15, -0.1) is 0 Å². The Hall–Kier alpha value is -1.09. The summed E-state index contributed by atoms with van der Waals surface area (Å²) in [7, 11) is 0. The van der Waals surface area contributed by atoms with E-state index in [0.717, 1.165) is 12.8 Å². The summed E-state index contributed by atoms with van der Waals surface area (Å²) in [5.74, 6) is -0.212. The molecule has 2 nitrogen and oxygen atoms in total. The van der Waals surface area contributed by atoms with Crippen molar-refractivity contribution >= 4 is 5.69 Å². The van der Waals surface area contributed by atoms with Crippen LogP contribution in [0.1, 0.15) is 32.6 Å². The van der Waals surface area contributed by atoms with E-state index < -0.39 is 0 Å². The molecule has 0 bridgehead atoms. The van der Waals surface area contributed by atoms with Crippen LogP contribution in [-0.4, -0.2) is 12.6 Å². The fourth-order valence-corrected chi connectivity index (χ4v) is 1.69. The number of nitrogens with one attached hydrogen (secondary N) is 1. The quantitative estimate of drug-likeness (QED) is 0.698. The molecule has 90 valence electrons. The molecule has 0 aliphatic carbocycles. The van der Waals surface area contributed by atoms with Gasteiger partial charge < -0.3 is 11.1 Å². The second-order valence-corrected chi connectivity index (χ2v) is 4.05. The van der Waals surface area contributed by atoms with E-state index in [2.05, 4.69) is 12.2 Å². The Labute approximate surface area is 97.0 Å². The third kappa shape index (κ3) is 4.19. The smallest absolute Gasteiger partial charge is 0.146 e. The van der Waals surface area contributed by atoms with Crippen molar-refractivity contribution < 1.29 is 4.39 Å². The van der Waals surface area contributed by atoms with Gasteiger partial charge in [0.25, 0.3) is 0 Å². The zero-order valence-corrected chi connectivity index (χ0v) is 9.88. The Kier molecular flexibility index (Phi) is 5.86. The Morgan fingerprint density at radius 1 is 1.31 bits per heavy atom. The van der Waals surface area contributed by atoms with Crippen molar-refractivity contribution in [3.05, 3.63) is 30.1 Å². The van der Waals surface area contributed by atoms with Gasteiger partial charge in [0, 0.05) is 12.6 Å². The fraction of sp³-hybridized carbons (Fsp3) is 0.538. The van der Waals surface area contributed by atoms with Gasteiger partial charge in [0.1, 0.15) is 5.82 Å². The van der Waals surface area contributed by atoms with Crippen LogP contribution in [0.25, 0.3) is 0 Å². The number of hydrogen-bond donors (Lipinski definition) is 2. The summed E-state index contributed by atoms with van der Waals surface area (Å²) in [5, 5.41) is 3.16. The van der Waals surface area contributed by atoms with Crippen LogP contribution in [0.5, 0.6) is 0 Å². The van der Waals surface area contributed by atoms with E-state index in [1.165, 1.54) is 18.9 Å². The van der Waals surface area contributed by atoms with Crippen molar-refractivity contribution in [2.45, 2.75) is 38.6 Å². The lowest BCUT2D eigenvalue weighted by atomic mass is 10.1. The minimum Gasteiger partial charge on any atom is -0.379 e. The van der Waals surface area contributed by atoms with Gasteiger partial charge >= 0.3 is 0 Å². The molecule has 0 amide bonds. The van der Waals surface area contributed by atoms with Crippen LogP contribution in [0.15, 0.2) is 24.3 Å². The summed E-state index contributed by atoms with van der Waals surface area (Å²) in [5.41, 5.74) is 6.22. The molecule has 1 atom stereocenters. The molecule has 1 aromatic rings. The molecule has 0 aromatic heterocycles. The first-order chi connectivity index (χ1) is 7.77. The molecule has 0 spiro atoms. The zero-order valence-electron chi connectivity index (χ0n) is 9.88. The minimum absolute atomic E-state index is 0.170. The number of benzene rings is 1. The van der Waals surface area contributed by atoms with Gasteiger partial charge in [-0.2, -0.15) is 0 Å². The first-order valence-electron chi connectivity index (χ1n) is 5.99. The van der Waals surface area contributed by atoms with Gasteiger partial charge in [-0.1, -0.05) is 38.3 Å². The van der Waals surface area contributed by atoms with Gasteiger partial charge in [-0.05, 0) is 18.6 Å². The lowest BCUT2D eigenvalue weighted by molar-refractivity contribution is 0.581. The lowest BCUT2D eigenvalue weighted by Crippen LogP contribution is -2.29. The molecule has 0 radical (unpaired) electrons. The molecular weight excluding hydrogens is 203 g/mol. The molecule has 0 heterocycles. The molecule has 16 heavy (non-hydrogen) atoms. The molecule has 1 rings (SSSR count). The Balaban J connectivity index is 2.46. The van der Waals surface area contributed by atoms with E-state index in [9.17, 15) is 4.39 Å². The van der Waals surface area contributed by atoms with Crippen molar-refractivity contribution in [1.82, 2.24) is 0 Å². The number of para-hydroxylation sites is 1. The first kappa shape index (κ1) is 13.0. The van der Waals surface area contributed by atoms with Crippen LogP contribution in [0.4, 0.5) is 10.1 Å². The van der Waals surface area contributed by atoms with Gasteiger partial charge in [-0.3, -0.25) is 0 Å². The van der Waals surface area contributed by atoms with Crippen LogP contribution < -0.4 is 11.1 Å². The first-order valence-corrected chi connectivity index (χ1v) is 5.99. The van der Waals surface area contributed by atoms with Crippen molar-refractivity contribution in [1.29, 1.82) is 0 Å². The number of halogens is 1. The average molecular weight is 224 g/mol. The van der Waals surface area contributed by atoms with Crippen LogP contribution >= 0.6 is 0 Å². The third-order valence-corrected chi connectivity index (χ3v) is 2.67. The van der Waals surface area contributed by atoms with Gasteiger partial charge in [0.05, 0.1) is 5.69 Å². The molecule has 0 aliphatic heterocycles. The number of unbranched alkanes of at least 4 members (excludes halogenated alkanes) is 2. The molecule has 3 heteroatoms. The van der Waals surface area contributed by atoms with Crippen molar-refractivity contribution in [3.63, 3.8) is 0 Å². The maximum Gasteiger partial charge on any atom is 0.146 e. The van der Waals surface area contributed by atoms with E-state index in [0.29, 0.717) is 12.2 Å². The number of rotatable bonds is 7. The molecule has 0 aliphatic rings. The molecule has 0 fully saturated rings. The largest absolute Gasteiger partial charge is 0.379 e. The summed E-state index contributed by atoms with van der Waals surface area (Å²) >= 11 is 0. The Bertz CT molecular complexity index is 302. The predicted octanol–water partition coefficient (Wildman–Crippen LogP) is 3.15. The highest BCUT2D eigenvalue weighted by Gasteiger charge is 2.08. The molecule has 1 aromatic carbocycles. The van der Waals surface area contributed by atoms with Crippen molar-refractivity contribution in [2.24, 2.45) is 5.73 Å². The summed E-state index contributed by atoms with van der Waals surface area (Å²) in [4.78, 5) is 0. The van der Waals surface area contributed by atoms with Crippen LogP contribution in [0.3, 0.4) is 0 Å². The highest BCUT2D eigenvalue weighted by molar-refractivity contribution is 5.45. The van der Waals surface area contributed by atoms with Crippen LogP contribution in [0, 0.1) is 5.82 Å². The summed E-state index contributed by atoms with van der Waals surface area (Å²) in [6, 6.07) is 6.89. The number of anilines is 1. The van der Waals surface area contributed by atoms with E-state index in [4.69, 9.17) is 5.73 Å². The zero-order chi connectivity index (χ0) is 11.8. The van der Waals surface area contributed by atoms with Gasteiger partial charge in [0.2, 0.25) is 0 Å². The Morgan fingerprint density at radius 2 is 2.06 bits per heavy atom. The van der Waals surface area contributed by atoms with Crippen LogP contribution in [-0.2, 0) is 0 Å². The molecular formula is C13H21FN2. The highest BCUT2D eigenvalue weighted by Crippen LogP contribution is 2.15. The molecule has 3 N–H and O–H groups in total. The topological polar surface area (TPSA) is 38.0 Å². The second-order valence-electron chi connectivity index (χ2n) is 4.05. The molecule has 0 saturated carbocycles. The van der Waals surface area contributed by atoms with Crippen molar-refractivity contribution in [2.75, 3.05) is 11.9 Å². The molecule has 1 unspecified atom stereocenters. The monoisotopic (exact) mass is 224 g/mol. The van der Waals surface area contributed by atoms with Crippen molar-refractivity contribution in [3.8, 4) is 0 Å². The minimum atomic E-state index is -0.212. The molecule has 0 saturated heterocycles. The summed E-state index contributed by atoms with van der Waals surface area (Å²) < 4.78 is 13.4. The second kappa shape index (κ2) is 7.23. The fourth-order valence-electron chi connectivity index (χ4n) is 1.69. The summed E-state index contributed by atoms with van der Waals surface area (Å²) in [6.07, 6.45) is 4.53. The highest BCUT2D eigenvalue weighted by atomic mass is 19.1. The van der Waals surface area contributed by atoms with E-state index in [-0.39, 0.29) is 11.9 Å². The SMILES string of the molecule is CCCCCC(CN)Nc1ccccc1F. The maximum absolute atomic E-state index is 13.4. The normalized spacial score (nSPS) is 12.4. The Morgan fingerprint density at radius 3 is 2.69 bits per heavy atom. The predicted molar refractivity (Wildman–Crippen MR) is 67.0 cm³/mol. The van der Waals surface area contributed by atoms with Crippen LogP contribution in [0.2, 0.25) is 0 Å². The van der Waals surface area contributed by atoms with Gasteiger partial charge in [-0.25, -0.2) is 4.39 Å².